The van der Waals surface area contributed by atoms with Crippen LogP contribution < -0.4 is 10.1 Å². The van der Waals surface area contributed by atoms with Crippen LogP contribution in [0.1, 0.15) is 13.3 Å². The normalized spacial score (nSPS) is 10.0. The minimum atomic E-state index is 0.670. The van der Waals surface area contributed by atoms with Gasteiger partial charge >= 0.3 is 0 Å². The zero-order chi connectivity index (χ0) is 10.9. The second-order valence-corrected chi connectivity index (χ2v) is 3.10. The fourth-order valence-electron chi connectivity index (χ4n) is 1.17. The molecule has 0 amide bonds. The molecule has 0 bridgehead atoms. The molecule has 1 aromatic rings. The zero-order valence-electron chi connectivity index (χ0n) is 9.32. The molecule has 0 radical (unpaired) electrons. The van der Waals surface area contributed by atoms with Gasteiger partial charge in [-0.05, 0) is 13.0 Å². The van der Waals surface area contributed by atoms with Crippen LogP contribution in [0.4, 0.5) is 5.82 Å². The number of hydrogen-bond donors (Lipinski definition) is 1. The van der Waals surface area contributed by atoms with Crippen LogP contribution >= 0.6 is 0 Å². The van der Waals surface area contributed by atoms with Gasteiger partial charge in [-0.3, -0.25) is 0 Å². The van der Waals surface area contributed by atoms with E-state index in [2.05, 4.69) is 10.3 Å². The van der Waals surface area contributed by atoms with Gasteiger partial charge in [-0.25, -0.2) is 4.98 Å². The molecule has 4 nitrogen and oxygen atoms in total. The topological polar surface area (TPSA) is 43.4 Å². The maximum absolute atomic E-state index is 5.54. The van der Waals surface area contributed by atoms with Crippen LogP contribution in [-0.2, 0) is 4.74 Å². The summed E-state index contributed by atoms with van der Waals surface area (Å²) in [5.41, 5.74) is 0. The highest BCUT2D eigenvalue weighted by Gasteiger charge is 1.96. The van der Waals surface area contributed by atoms with E-state index < -0.39 is 0 Å². The first-order chi connectivity index (χ1) is 7.36. The summed E-state index contributed by atoms with van der Waals surface area (Å²) in [5.74, 6) is 1.69. The Morgan fingerprint density at radius 2 is 2.27 bits per heavy atom. The first-order valence-corrected chi connectivity index (χ1v) is 5.18. The lowest BCUT2D eigenvalue weighted by molar-refractivity contribution is 0.172. The molecule has 0 aliphatic carbocycles. The van der Waals surface area contributed by atoms with Gasteiger partial charge in [0.15, 0.2) is 0 Å². The molecule has 0 spiro atoms. The molecule has 1 N–H and O–H groups in total. The van der Waals surface area contributed by atoms with Crippen LogP contribution in [0.15, 0.2) is 18.3 Å². The smallest absolute Gasteiger partial charge is 0.129 e. The lowest BCUT2D eigenvalue weighted by Crippen LogP contribution is -2.03. The van der Waals surface area contributed by atoms with Crippen molar-refractivity contribution in [3.63, 3.8) is 0 Å². The van der Waals surface area contributed by atoms with Gasteiger partial charge in [0.2, 0.25) is 0 Å². The summed E-state index contributed by atoms with van der Waals surface area (Å²) in [6.07, 6.45) is 2.64. The third-order valence-electron chi connectivity index (χ3n) is 1.85. The van der Waals surface area contributed by atoms with E-state index in [0.717, 1.165) is 31.1 Å². The third-order valence-corrected chi connectivity index (χ3v) is 1.85. The van der Waals surface area contributed by atoms with E-state index in [9.17, 15) is 0 Å². The first kappa shape index (κ1) is 11.8. The van der Waals surface area contributed by atoms with Crippen LogP contribution in [0.3, 0.4) is 0 Å². The molecule has 1 heterocycles. The van der Waals surface area contributed by atoms with E-state index in [0.29, 0.717) is 6.61 Å². The Labute approximate surface area is 90.6 Å². The number of aromatic nitrogens is 1. The Bertz CT molecular complexity index is 279. The van der Waals surface area contributed by atoms with Gasteiger partial charge in [-0.15, -0.1) is 0 Å². The molecular weight excluding hydrogens is 192 g/mol. The largest absolute Gasteiger partial charge is 0.493 e. The van der Waals surface area contributed by atoms with Crippen LogP contribution in [0, 0.1) is 0 Å². The SMILES string of the molecule is CCNc1cc(OCCCOC)ccn1. The molecule has 1 rings (SSSR count). The van der Waals surface area contributed by atoms with Gasteiger partial charge in [0, 0.05) is 38.9 Å². The van der Waals surface area contributed by atoms with Gasteiger partial charge in [0.1, 0.15) is 11.6 Å². The summed E-state index contributed by atoms with van der Waals surface area (Å²) in [4.78, 5) is 4.16. The predicted octanol–water partition coefficient (Wildman–Crippen LogP) is 1.93. The number of pyridine rings is 1. The van der Waals surface area contributed by atoms with E-state index in [1.165, 1.54) is 0 Å². The molecule has 1 aromatic heterocycles. The average Bonchev–Trinajstić information content (AvgIpc) is 2.26. The average molecular weight is 210 g/mol. The molecule has 4 heteroatoms. The number of nitrogens with zero attached hydrogens (tertiary/aromatic N) is 1. The number of ether oxygens (including phenoxy) is 2. The summed E-state index contributed by atoms with van der Waals surface area (Å²) >= 11 is 0. The second-order valence-electron chi connectivity index (χ2n) is 3.10. The van der Waals surface area contributed by atoms with Gasteiger partial charge in [-0.2, -0.15) is 0 Å². The maximum atomic E-state index is 5.54. The number of anilines is 1. The van der Waals surface area contributed by atoms with E-state index >= 15 is 0 Å². The summed E-state index contributed by atoms with van der Waals surface area (Å²) in [6, 6.07) is 3.75. The highest BCUT2D eigenvalue weighted by molar-refractivity contribution is 5.40. The molecule has 0 aliphatic rings. The Morgan fingerprint density at radius 3 is 3.00 bits per heavy atom. The van der Waals surface area contributed by atoms with Crippen molar-refractivity contribution in [2.45, 2.75) is 13.3 Å². The van der Waals surface area contributed by atoms with Crippen molar-refractivity contribution in [2.24, 2.45) is 0 Å². The minimum absolute atomic E-state index is 0.670. The number of hydrogen-bond acceptors (Lipinski definition) is 4. The van der Waals surface area contributed by atoms with E-state index in [4.69, 9.17) is 9.47 Å². The quantitative estimate of drug-likeness (QED) is 0.698. The van der Waals surface area contributed by atoms with Crippen molar-refractivity contribution in [3.8, 4) is 5.75 Å². The summed E-state index contributed by atoms with van der Waals surface area (Å²) < 4.78 is 10.5. The van der Waals surface area contributed by atoms with Crippen LogP contribution in [0.25, 0.3) is 0 Å². The van der Waals surface area contributed by atoms with Crippen molar-refractivity contribution in [1.29, 1.82) is 0 Å². The molecule has 0 saturated carbocycles. The lowest BCUT2D eigenvalue weighted by atomic mass is 10.4. The fourth-order valence-corrected chi connectivity index (χ4v) is 1.17. The standard InChI is InChI=1S/C11H18N2O2/c1-3-12-11-9-10(5-6-13-11)15-8-4-7-14-2/h5-6,9H,3-4,7-8H2,1-2H3,(H,12,13). The third kappa shape index (κ3) is 4.65. The van der Waals surface area contributed by atoms with Crippen LogP contribution in [0.5, 0.6) is 5.75 Å². The molecule has 0 fully saturated rings. The fraction of sp³-hybridized carbons (Fsp3) is 0.545. The summed E-state index contributed by atoms with van der Waals surface area (Å²) in [5, 5.41) is 3.13. The Kier molecular flexibility index (Phi) is 5.55. The van der Waals surface area contributed by atoms with Gasteiger partial charge in [-0.1, -0.05) is 0 Å². The Morgan fingerprint density at radius 1 is 1.40 bits per heavy atom. The Balaban J connectivity index is 2.36. The van der Waals surface area contributed by atoms with Crippen molar-refractivity contribution in [2.75, 3.05) is 32.2 Å². The molecule has 0 unspecified atom stereocenters. The second kappa shape index (κ2) is 7.06. The molecule has 0 aliphatic heterocycles. The van der Waals surface area contributed by atoms with Crippen molar-refractivity contribution in [3.05, 3.63) is 18.3 Å². The van der Waals surface area contributed by atoms with E-state index in [1.54, 1.807) is 13.3 Å². The summed E-state index contributed by atoms with van der Waals surface area (Å²) in [6.45, 7) is 4.29. The minimum Gasteiger partial charge on any atom is -0.493 e. The van der Waals surface area contributed by atoms with Gasteiger partial charge < -0.3 is 14.8 Å². The van der Waals surface area contributed by atoms with Crippen LogP contribution in [-0.4, -0.2) is 31.9 Å². The highest BCUT2D eigenvalue weighted by Crippen LogP contribution is 2.14. The molecular formula is C11H18N2O2. The van der Waals surface area contributed by atoms with E-state index in [-0.39, 0.29) is 0 Å². The van der Waals surface area contributed by atoms with Crippen LogP contribution in [0.2, 0.25) is 0 Å². The van der Waals surface area contributed by atoms with Crippen molar-refractivity contribution in [1.82, 2.24) is 4.98 Å². The number of methoxy groups -OCH3 is 1. The predicted molar refractivity (Wildman–Crippen MR) is 60.4 cm³/mol. The van der Waals surface area contributed by atoms with Gasteiger partial charge in [0.25, 0.3) is 0 Å². The summed E-state index contributed by atoms with van der Waals surface area (Å²) in [7, 11) is 1.69. The van der Waals surface area contributed by atoms with Gasteiger partial charge in [0.05, 0.1) is 6.61 Å². The zero-order valence-corrected chi connectivity index (χ0v) is 9.32. The number of rotatable bonds is 7. The highest BCUT2D eigenvalue weighted by atomic mass is 16.5. The molecule has 0 atom stereocenters. The molecule has 84 valence electrons. The molecule has 0 saturated heterocycles. The Hall–Kier alpha value is -1.29. The number of nitrogens with one attached hydrogen (secondary N) is 1. The first-order valence-electron chi connectivity index (χ1n) is 5.18. The molecule has 0 aromatic carbocycles. The maximum Gasteiger partial charge on any atom is 0.129 e. The van der Waals surface area contributed by atoms with E-state index in [1.807, 2.05) is 19.1 Å². The van der Waals surface area contributed by atoms with Crippen molar-refractivity contribution < 1.29 is 9.47 Å². The monoisotopic (exact) mass is 210 g/mol. The lowest BCUT2D eigenvalue weighted by Gasteiger charge is -2.07. The molecule has 15 heavy (non-hydrogen) atoms. The van der Waals surface area contributed by atoms with Crippen molar-refractivity contribution >= 4 is 5.82 Å².